The van der Waals surface area contributed by atoms with Gasteiger partial charge in [0, 0.05) is 32.7 Å². The van der Waals surface area contributed by atoms with Crippen LogP contribution in [-0.4, -0.2) is 86.2 Å². The fourth-order valence-corrected chi connectivity index (χ4v) is 9.42. The van der Waals surface area contributed by atoms with Crippen LogP contribution >= 0.6 is 0 Å². The molecule has 0 saturated carbocycles. The largest absolute Gasteiger partial charge is 0.465 e. The van der Waals surface area contributed by atoms with E-state index in [2.05, 4.69) is 39.5 Å². The molecule has 2 atom stereocenters. The second-order valence-electron chi connectivity index (χ2n) is 20.6. The first kappa shape index (κ1) is 65.8. The van der Waals surface area contributed by atoms with Gasteiger partial charge in [0.1, 0.15) is 6.61 Å². The molecule has 0 aromatic carbocycles. The van der Waals surface area contributed by atoms with E-state index in [1.54, 1.807) is 0 Å². The van der Waals surface area contributed by atoms with Gasteiger partial charge in [-0.25, -0.2) is 0 Å². The van der Waals surface area contributed by atoms with Crippen LogP contribution in [0.4, 0.5) is 0 Å². The molecule has 0 N–H and O–H groups in total. The summed E-state index contributed by atoms with van der Waals surface area (Å²) in [6, 6.07) is 0. The summed E-state index contributed by atoms with van der Waals surface area (Å²) in [6.45, 7) is 17.8. The molecule has 2 unspecified atom stereocenters. The lowest BCUT2D eigenvalue weighted by atomic mass is 9.95. The zero-order valence-electron chi connectivity index (χ0n) is 46.1. The van der Waals surface area contributed by atoms with Crippen LogP contribution in [0.2, 0.25) is 0 Å². The van der Waals surface area contributed by atoms with E-state index in [0.29, 0.717) is 57.4 Å². The molecule has 0 fully saturated rings. The summed E-state index contributed by atoms with van der Waals surface area (Å²) in [5.74, 6) is 0.696. The number of esters is 3. The molecule has 9 nitrogen and oxygen atoms in total. The van der Waals surface area contributed by atoms with Gasteiger partial charge < -0.3 is 24.0 Å². The van der Waals surface area contributed by atoms with Crippen molar-refractivity contribution in [3.8, 4) is 0 Å². The lowest BCUT2D eigenvalue weighted by molar-refractivity contribution is -0.146. The summed E-state index contributed by atoms with van der Waals surface area (Å²) in [4.78, 5) is 55.0. The van der Waals surface area contributed by atoms with Crippen LogP contribution in [-0.2, 0) is 33.4 Å². The van der Waals surface area contributed by atoms with Crippen LogP contribution in [0.1, 0.15) is 292 Å². The second-order valence-corrected chi connectivity index (χ2v) is 20.6. The summed E-state index contributed by atoms with van der Waals surface area (Å²) in [5, 5.41) is 0. The monoisotopic (exact) mass is 963 g/mol. The Bertz CT molecular complexity index is 1080. The third-order valence-corrected chi connectivity index (χ3v) is 14.0. The van der Waals surface area contributed by atoms with Gasteiger partial charge in [-0.3, -0.25) is 19.2 Å². The fraction of sp³-hybridized carbons (Fsp3) is 0.932. The Hall–Kier alpha value is -2.16. The number of carbonyl (C=O) groups is 4. The van der Waals surface area contributed by atoms with Gasteiger partial charge in [-0.05, 0) is 95.7 Å². The zero-order chi connectivity index (χ0) is 50.0. The Kier molecular flexibility index (Phi) is 49.6. The van der Waals surface area contributed by atoms with Crippen LogP contribution in [0.3, 0.4) is 0 Å². The molecule has 402 valence electrons. The predicted octanol–water partition coefficient (Wildman–Crippen LogP) is 16.3. The summed E-state index contributed by atoms with van der Waals surface area (Å²) < 4.78 is 17.0. The Morgan fingerprint density at radius 1 is 0.353 bits per heavy atom. The van der Waals surface area contributed by atoms with Gasteiger partial charge in [-0.15, -0.1) is 0 Å². The minimum Gasteiger partial charge on any atom is -0.465 e. The lowest BCUT2D eigenvalue weighted by Gasteiger charge is -2.26. The van der Waals surface area contributed by atoms with Crippen molar-refractivity contribution in [2.24, 2.45) is 11.8 Å². The zero-order valence-corrected chi connectivity index (χ0v) is 46.1. The number of carbonyl (C=O) groups excluding carboxylic acids is 4. The number of hydrogen-bond acceptors (Lipinski definition) is 8. The van der Waals surface area contributed by atoms with Crippen molar-refractivity contribution >= 4 is 23.8 Å². The quantitative estimate of drug-likeness (QED) is 0.0337. The van der Waals surface area contributed by atoms with Crippen LogP contribution in [0.25, 0.3) is 0 Å². The molecule has 0 spiro atoms. The van der Waals surface area contributed by atoms with Crippen LogP contribution in [0.15, 0.2) is 0 Å². The first-order chi connectivity index (χ1) is 33.2. The maximum atomic E-state index is 13.3. The van der Waals surface area contributed by atoms with E-state index in [1.807, 2.05) is 4.90 Å². The number of rotatable bonds is 53. The number of hydrogen-bond donors (Lipinski definition) is 0. The molecule has 0 rings (SSSR count). The van der Waals surface area contributed by atoms with Gasteiger partial charge in [-0.2, -0.15) is 0 Å². The molecular formula is C59H114N2O7. The SMILES string of the molecule is CCCCCCCCC(CCCCCC)COC(=O)CCCCCN(CCCCCC(=O)OCC(CCCCCC)CCCCCCCC)CCCN(CCOC(C)=O)C(=O)CCCCCCC. The minimum absolute atomic E-state index is 0.0499. The van der Waals surface area contributed by atoms with Gasteiger partial charge in [0.2, 0.25) is 5.91 Å². The summed E-state index contributed by atoms with van der Waals surface area (Å²) in [6.07, 6.45) is 43.7. The highest BCUT2D eigenvalue weighted by molar-refractivity contribution is 5.76. The van der Waals surface area contributed by atoms with E-state index in [0.717, 1.165) is 83.8 Å². The smallest absolute Gasteiger partial charge is 0.305 e. The Balaban J connectivity index is 5.21. The number of unbranched alkanes of at least 4 members (excludes halogenated alkanes) is 24. The van der Waals surface area contributed by atoms with Crippen molar-refractivity contribution in [3.05, 3.63) is 0 Å². The standard InChI is InChI=1S/C59H114N2O7/c1-7-12-17-22-25-31-41-55(39-29-20-15-10-4)52-67-58(64)44-34-27-36-46-60(48-38-49-61(50-51-66-54(6)62)57(63)43-33-24-19-14-9-3)47-37-28-35-45-59(65)68-53-56(40-30-21-16-11-5)42-32-26-23-18-13-8-2/h55-56H,7-53H2,1-6H3. The van der Waals surface area contributed by atoms with Gasteiger partial charge in [0.15, 0.2) is 0 Å². The van der Waals surface area contributed by atoms with Crippen molar-refractivity contribution in [1.29, 1.82) is 0 Å². The third-order valence-electron chi connectivity index (χ3n) is 14.0. The molecule has 1 amide bonds. The molecule has 0 bridgehead atoms. The van der Waals surface area contributed by atoms with Gasteiger partial charge >= 0.3 is 17.9 Å². The summed E-state index contributed by atoms with van der Waals surface area (Å²) in [5.41, 5.74) is 0. The van der Waals surface area contributed by atoms with E-state index in [4.69, 9.17) is 14.2 Å². The van der Waals surface area contributed by atoms with E-state index in [9.17, 15) is 19.2 Å². The molecule has 0 heterocycles. The van der Waals surface area contributed by atoms with E-state index < -0.39 is 0 Å². The predicted molar refractivity (Wildman–Crippen MR) is 287 cm³/mol. The van der Waals surface area contributed by atoms with Crippen molar-refractivity contribution in [2.45, 2.75) is 292 Å². The van der Waals surface area contributed by atoms with Crippen LogP contribution in [0, 0.1) is 11.8 Å². The number of amides is 1. The molecule has 0 aromatic rings. The Labute approximate surface area is 421 Å². The molecular weight excluding hydrogens is 849 g/mol. The van der Waals surface area contributed by atoms with Crippen LogP contribution in [0.5, 0.6) is 0 Å². The highest BCUT2D eigenvalue weighted by atomic mass is 16.5. The topological polar surface area (TPSA) is 102 Å². The molecule has 0 aliphatic rings. The minimum atomic E-state index is -0.319. The van der Waals surface area contributed by atoms with E-state index in [-0.39, 0.29) is 30.4 Å². The molecule has 68 heavy (non-hydrogen) atoms. The maximum Gasteiger partial charge on any atom is 0.305 e. The number of nitrogens with zero attached hydrogens (tertiary/aromatic N) is 2. The first-order valence-corrected chi connectivity index (χ1v) is 29.6. The van der Waals surface area contributed by atoms with E-state index >= 15 is 0 Å². The Morgan fingerprint density at radius 2 is 0.691 bits per heavy atom. The normalized spacial score (nSPS) is 12.3. The highest BCUT2D eigenvalue weighted by Gasteiger charge is 2.17. The molecule has 0 aliphatic heterocycles. The Morgan fingerprint density at radius 3 is 1.10 bits per heavy atom. The average Bonchev–Trinajstić information content (AvgIpc) is 3.32. The summed E-state index contributed by atoms with van der Waals surface area (Å²) in [7, 11) is 0. The van der Waals surface area contributed by atoms with Crippen molar-refractivity contribution in [2.75, 3.05) is 52.5 Å². The van der Waals surface area contributed by atoms with E-state index in [1.165, 1.54) is 174 Å². The maximum absolute atomic E-state index is 13.3. The lowest BCUT2D eigenvalue weighted by Crippen LogP contribution is -2.37. The average molecular weight is 964 g/mol. The molecule has 0 aromatic heterocycles. The van der Waals surface area contributed by atoms with Gasteiger partial charge in [0.25, 0.3) is 0 Å². The van der Waals surface area contributed by atoms with Gasteiger partial charge in [0.05, 0.1) is 19.8 Å². The molecule has 0 aliphatic carbocycles. The first-order valence-electron chi connectivity index (χ1n) is 29.6. The van der Waals surface area contributed by atoms with Crippen molar-refractivity contribution in [3.63, 3.8) is 0 Å². The van der Waals surface area contributed by atoms with Crippen molar-refractivity contribution < 1.29 is 33.4 Å². The van der Waals surface area contributed by atoms with Crippen LogP contribution < -0.4 is 0 Å². The fourth-order valence-electron chi connectivity index (χ4n) is 9.42. The molecule has 0 radical (unpaired) electrons. The summed E-state index contributed by atoms with van der Waals surface area (Å²) >= 11 is 0. The van der Waals surface area contributed by atoms with Gasteiger partial charge in [-0.1, -0.05) is 202 Å². The number of ether oxygens (including phenoxy) is 3. The third kappa shape index (κ3) is 45.0. The van der Waals surface area contributed by atoms with Crippen molar-refractivity contribution in [1.82, 2.24) is 9.80 Å². The second kappa shape index (κ2) is 51.2. The highest BCUT2D eigenvalue weighted by Crippen LogP contribution is 2.22. The molecule has 9 heteroatoms. The molecule has 0 saturated heterocycles.